The fourth-order valence-electron chi connectivity index (χ4n) is 5.36. The van der Waals surface area contributed by atoms with Gasteiger partial charge >= 0.3 is 0 Å². The molecule has 0 aliphatic carbocycles. The molecule has 5 heteroatoms. The third-order valence-corrected chi connectivity index (χ3v) is 6.92. The Morgan fingerprint density at radius 1 is 1.19 bits per heavy atom. The van der Waals surface area contributed by atoms with Crippen molar-refractivity contribution in [1.82, 2.24) is 9.80 Å². The number of furan rings is 1. The first kappa shape index (κ1) is 18.5. The van der Waals surface area contributed by atoms with Gasteiger partial charge in [0.1, 0.15) is 5.76 Å². The van der Waals surface area contributed by atoms with Gasteiger partial charge in [0.15, 0.2) is 0 Å². The predicted molar refractivity (Wildman–Crippen MR) is 101 cm³/mol. The lowest BCUT2D eigenvalue weighted by molar-refractivity contribution is 0.0160. The Kier molecular flexibility index (Phi) is 5.99. The number of hydrogen-bond acceptors (Lipinski definition) is 5. The third-order valence-electron chi connectivity index (χ3n) is 6.92. The van der Waals surface area contributed by atoms with Crippen LogP contribution in [0.2, 0.25) is 0 Å². The second kappa shape index (κ2) is 8.42. The Morgan fingerprint density at radius 2 is 2.00 bits per heavy atom. The molecule has 0 radical (unpaired) electrons. The van der Waals surface area contributed by atoms with Crippen molar-refractivity contribution < 1.29 is 13.9 Å². The van der Waals surface area contributed by atoms with Crippen LogP contribution in [0.1, 0.15) is 31.4 Å². The average molecular weight is 363 g/mol. The van der Waals surface area contributed by atoms with Crippen LogP contribution in [0.4, 0.5) is 0 Å². The molecular weight excluding hydrogens is 328 g/mol. The van der Waals surface area contributed by atoms with Crippen molar-refractivity contribution in [3.05, 3.63) is 24.2 Å². The molecule has 1 aromatic heterocycles. The Balaban J connectivity index is 1.33. The first-order valence-corrected chi connectivity index (χ1v) is 10.3. The van der Waals surface area contributed by atoms with Crippen molar-refractivity contribution >= 4 is 0 Å². The van der Waals surface area contributed by atoms with Crippen LogP contribution in [0, 0.1) is 17.3 Å². The smallest absolute Gasteiger partial charge is 0.117 e. The lowest BCUT2D eigenvalue weighted by atomic mass is 9.71. The molecule has 1 aromatic rings. The highest BCUT2D eigenvalue weighted by Gasteiger charge is 2.47. The molecule has 1 spiro atoms. The monoisotopic (exact) mass is 362 g/mol. The van der Waals surface area contributed by atoms with Gasteiger partial charge in [-0.25, -0.2) is 0 Å². The van der Waals surface area contributed by atoms with Crippen LogP contribution >= 0.6 is 0 Å². The first-order chi connectivity index (χ1) is 12.8. The SMILES string of the molecule is COC[C@@H]1CN(Cc2ccco2)CC12CCN(CC1CCOCC1)CC2. The molecule has 0 bridgehead atoms. The summed E-state index contributed by atoms with van der Waals surface area (Å²) < 4.78 is 16.7. The number of piperidine rings is 1. The van der Waals surface area contributed by atoms with Crippen molar-refractivity contribution in [2.45, 2.75) is 32.2 Å². The molecule has 0 N–H and O–H groups in total. The average Bonchev–Trinajstić information content (AvgIpc) is 3.28. The first-order valence-electron chi connectivity index (χ1n) is 10.3. The summed E-state index contributed by atoms with van der Waals surface area (Å²) in [6.45, 7) is 9.81. The maximum atomic E-state index is 5.61. The van der Waals surface area contributed by atoms with E-state index in [1.807, 2.05) is 13.2 Å². The second-order valence-electron chi connectivity index (χ2n) is 8.62. The minimum atomic E-state index is 0.425. The summed E-state index contributed by atoms with van der Waals surface area (Å²) in [6.07, 6.45) is 6.87. The van der Waals surface area contributed by atoms with Gasteiger partial charge in [-0.05, 0) is 62.2 Å². The fourth-order valence-corrected chi connectivity index (χ4v) is 5.36. The maximum Gasteiger partial charge on any atom is 0.117 e. The Morgan fingerprint density at radius 3 is 2.69 bits per heavy atom. The van der Waals surface area contributed by atoms with Crippen LogP contribution in [0.15, 0.2) is 22.8 Å². The Hall–Kier alpha value is -0.880. The molecule has 0 saturated carbocycles. The summed E-state index contributed by atoms with van der Waals surface area (Å²) in [5.74, 6) is 2.56. The van der Waals surface area contributed by atoms with Crippen molar-refractivity contribution in [2.75, 3.05) is 59.7 Å². The summed E-state index contributed by atoms with van der Waals surface area (Å²) >= 11 is 0. The highest BCUT2D eigenvalue weighted by Crippen LogP contribution is 2.45. The van der Waals surface area contributed by atoms with E-state index in [-0.39, 0.29) is 0 Å². The molecule has 3 aliphatic heterocycles. The van der Waals surface area contributed by atoms with Crippen LogP contribution in [-0.2, 0) is 16.0 Å². The number of nitrogens with zero attached hydrogens (tertiary/aromatic N) is 2. The van der Waals surface area contributed by atoms with Crippen molar-refractivity contribution in [2.24, 2.45) is 17.3 Å². The van der Waals surface area contributed by atoms with Crippen LogP contribution in [0.3, 0.4) is 0 Å². The molecule has 4 rings (SSSR count). The molecule has 3 aliphatic rings. The molecule has 0 unspecified atom stereocenters. The van der Waals surface area contributed by atoms with Gasteiger partial charge in [0, 0.05) is 45.9 Å². The summed E-state index contributed by atoms with van der Waals surface area (Å²) in [4.78, 5) is 5.29. The van der Waals surface area contributed by atoms with E-state index in [2.05, 4.69) is 15.9 Å². The summed E-state index contributed by atoms with van der Waals surface area (Å²) in [6, 6.07) is 4.08. The molecule has 5 nitrogen and oxygen atoms in total. The van der Waals surface area contributed by atoms with Gasteiger partial charge in [-0.3, -0.25) is 4.90 Å². The summed E-state index contributed by atoms with van der Waals surface area (Å²) in [5, 5.41) is 0. The number of ether oxygens (including phenoxy) is 2. The number of likely N-dealkylation sites (tertiary alicyclic amines) is 2. The molecule has 3 fully saturated rings. The number of methoxy groups -OCH3 is 1. The zero-order chi connectivity index (χ0) is 17.8. The zero-order valence-corrected chi connectivity index (χ0v) is 16.2. The van der Waals surface area contributed by atoms with Gasteiger partial charge in [-0.15, -0.1) is 0 Å². The van der Waals surface area contributed by atoms with E-state index < -0.39 is 0 Å². The fraction of sp³-hybridized carbons (Fsp3) is 0.810. The van der Waals surface area contributed by atoms with Gasteiger partial charge < -0.3 is 18.8 Å². The third kappa shape index (κ3) is 4.16. The zero-order valence-electron chi connectivity index (χ0n) is 16.2. The summed E-state index contributed by atoms with van der Waals surface area (Å²) in [7, 11) is 1.85. The van der Waals surface area contributed by atoms with E-state index in [0.29, 0.717) is 11.3 Å². The van der Waals surface area contributed by atoms with Crippen molar-refractivity contribution in [3.63, 3.8) is 0 Å². The standard InChI is InChI=1S/C21H34N2O3/c1-24-16-19-14-23(15-20-3-2-10-26-20)17-21(19)6-8-22(9-7-21)13-18-4-11-25-12-5-18/h2-3,10,18-19H,4-9,11-17H2,1H3/t19-/m0/s1. The topological polar surface area (TPSA) is 38.1 Å². The molecular formula is C21H34N2O3. The predicted octanol–water partition coefficient (Wildman–Crippen LogP) is 2.87. The molecule has 4 heterocycles. The number of rotatable bonds is 6. The molecule has 0 aromatic carbocycles. The minimum absolute atomic E-state index is 0.425. The minimum Gasteiger partial charge on any atom is -0.468 e. The van der Waals surface area contributed by atoms with E-state index in [1.54, 1.807) is 6.26 Å². The largest absolute Gasteiger partial charge is 0.468 e. The van der Waals surface area contributed by atoms with Gasteiger partial charge in [0.05, 0.1) is 19.4 Å². The van der Waals surface area contributed by atoms with E-state index >= 15 is 0 Å². The van der Waals surface area contributed by atoms with Crippen LogP contribution in [0.25, 0.3) is 0 Å². The second-order valence-corrected chi connectivity index (χ2v) is 8.62. The van der Waals surface area contributed by atoms with E-state index in [1.165, 1.54) is 51.9 Å². The molecule has 146 valence electrons. The molecule has 0 amide bonds. The molecule has 1 atom stereocenters. The van der Waals surface area contributed by atoms with Crippen LogP contribution in [0.5, 0.6) is 0 Å². The van der Waals surface area contributed by atoms with Crippen molar-refractivity contribution in [1.29, 1.82) is 0 Å². The Bertz CT molecular complexity index is 533. The van der Waals surface area contributed by atoms with Gasteiger partial charge in [-0.1, -0.05) is 0 Å². The van der Waals surface area contributed by atoms with Crippen LogP contribution < -0.4 is 0 Å². The van der Waals surface area contributed by atoms with E-state index in [0.717, 1.165) is 44.6 Å². The van der Waals surface area contributed by atoms with E-state index in [9.17, 15) is 0 Å². The quantitative estimate of drug-likeness (QED) is 0.778. The van der Waals surface area contributed by atoms with E-state index in [4.69, 9.17) is 13.9 Å². The molecule has 3 saturated heterocycles. The number of hydrogen-bond donors (Lipinski definition) is 0. The summed E-state index contributed by atoms with van der Waals surface area (Å²) in [5.41, 5.74) is 0.425. The van der Waals surface area contributed by atoms with Crippen molar-refractivity contribution in [3.8, 4) is 0 Å². The van der Waals surface area contributed by atoms with Gasteiger partial charge in [0.2, 0.25) is 0 Å². The lowest BCUT2D eigenvalue weighted by Crippen LogP contribution is -2.46. The highest BCUT2D eigenvalue weighted by molar-refractivity contribution is 5.03. The lowest BCUT2D eigenvalue weighted by Gasteiger charge is -2.43. The Labute approximate surface area is 157 Å². The van der Waals surface area contributed by atoms with Crippen LogP contribution in [-0.4, -0.2) is 69.5 Å². The highest BCUT2D eigenvalue weighted by atomic mass is 16.5. The van der Waals surface area contributed by atoms with Gasteiger partial charge in [-0.2, -0.15) is 0 Å². The van der Waals surface area contributed by atoms with Gasteiger partial charge in [0.25, 0.3) is 0 Å². The molecule has 26 heavy (non-hydrogen) atoms. The maximum absolute atomic E-state index is 5.61. The normalized spacial score (nSPS) is 28.1.